The van der Waals surface area contributed by atoms with Gasteiger partial charge in [0.25, 0.3) is 0 Å². The van der Waals surface area contributed by atoms with E-state index in [1.165, 1.54) is 17.7 Å². The van der Waals surface area contributed by atoms with Crippen molar-refractivity contribution in [3.8, 4) is 17.0 Å². The van der Waals surface area contributed by atoms with Crippen molar-refractivity contribution in [3.05, 3.63) is 54.1 Å². The summed E-state index contributed by atoms with van der Waals surface area (Å²) < 4.78 is 17.6. The van der Waals surface area contributed by atoms with Crippen molar-refractivity contribution in [2.45, 2.75) is 25.6 Å². The Hall–Kier alpha value is -2.66. The van der Waals surface area contributed by atoms with Gasteiger partial charge in [-0.2, -0.15) is 0 Å². The second-order valence-corrected chi connectivity index (χ2v) is 6.97. The van der Waals surface area contributed by atoms with Gasteiger partial charge >= 0.3 is 0 Å². The van der Waals surface area contributed by atoms with Crippen molar-refractivity contribution >= 4 is 16.6 Å². The third kappa shape index (κ3) is 3.74. The van der Waals surface area contributed by atoms with Crippen molar-refractivity contribution in [1.82, 2.24) is 4.98 Å². The number of aryl methyl sites for hydroxylation is 1. The highest BCUT2D eigenvalue weighted by Crippen LogP contribution is 2.31. The van der Waals surface area contributed by atoms with Gasteiger partial charge in [-0.3, -0.25) is 4.39 Å². The lowest BCUT2D eigenvalue weighted by Crippen LogP contribution is -2.24. The van der Waals surface area contributed by atoms with Crippen LogP contribution < -0.4 is 9.64 Å². The van der Waals surface area contributed by atoms with Crippen LogP contribution in [0.3, 0.4) is 0 Å². The molecule has 2 aromatic carbocycles. The Labute approximate surface area is 158 Å². The standard InChI is InChI=1S/C22H23FN2O2/c1-25-12-2-3-17-13-15(5-9-21(17)25)19-7-4-16-14-18(6-8-20(16)24-19)27-22(26)10-11-23/h4-9,13-14,22,26H,2-3,10-12H2,1H3. The lowest BCUT2D eigenvalue weighted by atomic mass is 9.98. The Morgan fingerprint density at radius 1 is 1.19 bits per heavy atom. The fraction of sp³-hybridized carbons (Fsp3) is 0.318. The van der Waals surface area contributed by atoms with Crippen LogP contribution in [0, 0.1) is 0 Å². The summed E-state index contributed by atoms with van der Waals surface area (Å²) in [5.41, 5.74) is 5.58. The number of anilines is 1. The summed E-state index contributed by atoms with van der Waals surface area (Å²) in [6, 6.07) is 16.0. The lowest BCUT2D eigenvalue weighted by molar-refractivity contribution is -0.0266. The number of pyridine rings is 1. The Morgan fingerprint density at radius 2 is 2.07 bits per heavy atom. The summed E-state index contributed by atoms with van der Waals surface area (Å²) >= 11 is 0. The van der Waals surface area contributed by atoms with Gasteiger partial charge < -0.3 is 14.7 Å². The van der Waals surface area contributed by atoms with Crippen molar-refractivity contribution in [1.29, 1.82) is 0 Å². The smallest absolute Gasteiger partial charge is 0.199 e. The van der Waals surface area contributed by atoms with Crippen molar-refractivity contribution in [2.24, 2.45) is 0 Å². The van der Waals surface area contributed by atoms with Crippen LogP contribution in [0.1, 0.15) is 18.4 Å². The average molecular weight is 366 g/mol. The largest absolute Gasteiger partial charge is 0.465 e. The van der Waals surface area contributed by atoms with E-state index >= 15 is 0 Å². The number of aliphatic hydroxyl groups excluding tert-OH is 1. The molecule has 0 fully saturated rings. The first-order valence-electron chi connectivity index (χ1n) is 9.30. The van der Waals surface area contributed by atoms with Crippen LogP contribution in [-0.2, 0) is 6.42 Å². The lowest BCUT2D eigenvalue weighted by Gasteiger charge is -2.27. The van der Waals surface area contributed by atoms with E-state index in [1.807, 2.05) is 24.3 Å². The molecule has 3 aromatic rings. The van der Waals surface area contributed by atoms with Crippen molar-refractivity contribution in [2.75, 3.05) is 25.2 Å². The zero-order chi connectivity index (χ0) is 18.8. The molecule has 27 heavy (non-hydrogen) atoms. The predicted octanol–water partition coefficient (Wildman–Crippen LogP) is 4.34. The zero-order valence-electron chi connectivity index (χ0n) is 15.4. The summed E-state index contributed by atoms with van der Waals surface area (Å²) in [7, 11) is 2.14. The molecule has 0 aliphatic carbocycles. The summed E-state index contributed by atoms with van der Waals surface area (Å²) in [4.78, 5) is 7.08. The minimum Gasteiger partial charge on any atom is -0.465 e. The number of halogens is 1. The monoisotopic (exact) mass is 366 g/mol. The maximum Gasteiger partial charge on any atom is 0.199 e. The van der Waals surface area contributed by atoms with E-state index in [2.05, 4.69) is 30.1 Å². The fourth-order valence-corrected chi connectivity index (χ4v) is 3.59. The van der Waals surface area contributed by atoms with Crippen molar-refractivity contribution in [3.63, 3.8) is 0 Å². The summed E-state index contributed by atoms with van der Waals surface area (Å²) in [5, 5.41) is 10.5. The maximum atomic E-state index is 12.3. The number of nitrogens with zero attached hydrogens (tertiary/aromatic N) is 2. The van der Waals surface area contributed by atoms with Crippen LogP contribution in [0.4, 0.5) is 10.1 Å². The van der Waals surface area contributed by atoms with Gasteiger partial charge in [-0.05, 0) is 54.8 Å². The van der Waals surface area contributed by atoms with Crippen LogP contribution in [0.15, 0.2) is 48.5 Å². The number of aliphatic hydroxyl groups is 1. The van der Waals surface area contributed by atoms with Crippen LogP contribution in [0.2, 0.25) is 0 Å². The normalized spacial score (nSPS) is 14.9. The van der Waals surface area contributed by atoms with Gasteiger partial charge in [0.15, 0.2) is 6.29 Å². The summed E-state index contributed by atoms with van der Waals surface area (Å²) in [6.07, 6.45) is 1.11. The number of alkyl halides is 1. The minimum absolute atomic E-state index is 0.0389. The molecule has 0 bridgehead atoms. The average Bonchev–Trinajstić information content (AvgIpc) is 2.67. The molecule has 0 spiro atoms. The highest BCUT2D eigenvalue weighted by molar-refractivity contribution is 5.83. The molecular weight excluding hydrogens is 343 g/mol. The van der Waals surface area contributed by atoms with E-state index in [1.54, 1.807) is 6.07 Å². The van der Waals surface area contributed by atoms with Crippen LogP contribution in [0.25, 0.3) is 22.2 Å². The molecule has 4 rings (SSSR count). The Balaban J connectivity index is 1.62. The predicted molar refractivity (Wildman–Crippen MR) is 106 cm³/mol. The summed E-state index contributed by atoms with van der Waals surface area (Å²) in [6.45, 7) is 0.487. The highest BCUT2D eigenvalue weighted by Gasteiger charge is 2.15. The molecule has 0 saturated carbocycles. The molecule has 5 heteroatoms. The van der Waals surface area contributed by atoms with Gasteiger partial charge in [-0.25, -0.2) is 4.98 Å². The number of benzene rings is 2. The maximum absolute atomic E-state index is 12.3. The molecule has 1 unspecified atom stereocenters. The number of aromatic nitrogens is 1. The quantitative estimate of drug-likeness (QED) is 0.682. The molecule has 2 heterocycles. The second-order valence-electron chi connectivity index (χ2n) is 6.97. The highest BCUT2D eigenvalue weighted by atomic mass is 19.1. The number of hydrogen-bond donors (Lipinski definition) is 1. The third-order valence-corrected chi connectivity index (χ3v) is 5.01. The molecule has 1 atom stereocenters. The van der Waals surface area contributed by atoms with Crippen molar-refractivity contribution < 1.29 is 14.2 Å². The van der Waals surface area contributed by atoms with Crippen LogP contribution in [0.5, 0.6) is 5.75 Å². The number of rotatable bonds is 5. The van der Waals surface area contributed by atoms with Crippen LogP contribution in [-0.4, -0.2) is 36.6 Å². The second kappa shape index (κ2) is 7.53. The first-order chi connectivity index (χ1) is 13.1. The van der Waals surface area contributed by atoms with Gasteiger partial charge in [0.05, 0.1) is 17.9 Å². The van der Waals surface area contributed by atoms with Gasteiger partial charge in [0, 0.05) is 36.7 Å². The first kappa shape index (κ1) is 17.7. The molecule has 0 radical (unpaired) electrons. The van der Waals surface area contributed by atoms with Gasteiger partial charge in [-0.15, -0.1) is 0 Å². The van der Waals surface area contributed by atoms with Crippen LogP contribution >= 0.6 is 0 Å². The van der Waals surface area contributed by atoms with E-state index in [0.717, 1.165) is 35.1 Å². The van der Waals surface area contributed by atoms with Gasteiger partial charge in [0.1, 0.15) is 5.75 Å². The van der Waals surface area contributed by atoms with Gasteiger partial charge in [-0.1, -0.05) is 12.1 Å². The Morgan fingerprint density at radius 3 is 2.93 bits per heavy atom. The fourth-order valence-electron chi connectivity index (χ4n) is 3.59. The molecule has 140 valence electrons. The molecule has 1 aliphatic heterocycles. The molecule has 4 nitrogen and oxygen atoms in total. The molecule has 1 N–H and O–H groups in total. The zero-order valence-corrected chi connectivity index (χ0v) is 15.4. The third-order valence-electron chi connectivity index (χ3n) is 5.01. The van der Waals surface area contributed by atoms with E-state index in [4.69, 9.17) is 9.72 Å². The van der Waals surface area contributed by atoms with E-state index in [-0.39, 0.29) is 6.42 Å². The SMILES string of the molecule is CN1CCCc2cc(-c3ccc4cc(OC(O)CCF)ccc4n3)ccc21. The summed E-state index contributed by atoms with van der Waals surface area (Å²) in [5.74, 6) is 0.509. The minimum atomic E-state index is -1.13. The number of fused-ring (bicyclic) bond motifs is 2. The van der Waals surface area contributed by atoms with E-state index in [9.17, 15) is 9.50 Å². The molecular formula is C22H23FN2O2. The number of ether oxygens (including phenoxy) is 1. The van der Waals surface area contributed by atoms with Gasteiger partial charge in [0.2, 0.25) is 0 Å². The topological polar surface area (TPSA) is 45.6 Å². The van der Waals surface area contributed by atoms with E-state index < -0.39 is 13.0 Å². The van der Waals surface area contributed by atoms with E-state index in [0.29, 0.717) is 5.75 Å². The first-order valence-corrected chi connectivity index (χ1v) is 9.30. The Bertz CT molecular complexity index is 960. The molecule has 1 aliphatic rings. The molecule has 0 amide bonds. The number of hydrogen-bond acceptors (Lipinski definition) is 4. The molecule has 1 aromatic heterocycles. The Kier molecular flexibility index (Phi) is 4.94. The molecule has 0 saturated heterocycles.